The molecule has 2 atom stereocenters. The molecule has 0 aromatic rings. The minimum absolute atomic E-state index is 0.200. The lowest BCUT2D eigenvalue weighted by Gasteiger charge is -2.34. The molecule has 2 unspecified atom stereocenters. The average Bonchev–Trinajstić information content (AvgIpc) is 2.29. The van der Waals surface area contributed by atoms with Crippen LogP contribution >= 0.6 is 0 Å². The smallest absolute Gasteiger partial charge is 0.0931 e. The third-order valence-corrected chi connectivity index (χ3v) is 2.98. The molecule has 0 aromatic carbocycles. The summed E-state index contributed by atoms with van der Waals surface area (Å²) < 4.78 is 10.5. The Labute approximate surface area is 92.9 Å². The minimum Gasteiger partial charge on any atom is -0.382 e. The first kappa shape index (κ1) is 12.9. The summed E-state index contributed by atoms with van der Waals surface area (Å²) in [5, 5.41) is 3.51. The van der Waals surface area contributed by atoms with Gasteiger partial charge in [-0.3, -0.25) is 4.90 Å². The van der Waals surface area contributed by atoms with Gasteiger partial charge in [0.1, 0.15) is 0 Å². The minimum atomic E-state index is 0.200. The molecule has 1 aliphatic heterocycles. The van der Waals surface area contributed by atoms with E-state index in [1.165, 1.54) is 6.42 Å². The number of rotatable bonds is 6. The van der Waals surface area contributed by atoms with Crippen LogP contribution in [0.25, 0.3) is 0 Å². The monoisotopic (exact) mass is 216 g/mol. The molecule has 1 saturated heterocycles. The lowest BCUT2D eigenvalue weighted by Crippen LogP contribution is -2.52. The summed E-state index contributed by atoms with van der Waals surface area (Å²) in [7, 11) is 3.47. The van der Waals surface area contributed by atoms with E-state index in [1.807, 2.05) is 0 Å². The molecule has 0 saturated carbocycles. The van der Waals surface area contributed by atoms with Crippen molar-refractivity contribution in [2.24, 2.45) is 0 Å². The summed E-state index contributed by atoms with van der Waals surface area (Å²) in [6.07, 6.45) is 1.39. The molecular formula is C11H24N2O2. The Morgan fingerprint density at radius 1 is 1.47 bits per heavy atom. The van der Waals surface area contributed by atoms with Gasteiger partial charge in [0.2, 0.25) is 0 Å². The normalized spacial score (nSPS) is 25.4. The predicted molar refractivity (Wildman–Crippen MR) is 61.2 cm³/mol. The molecular weight excluding hydrogens is 192 g/mol. The topological polar surface area (TPSA) is 33.7 Å². The summed E-state index contributed by atoms with van der Waals surface area (Å²) in [5.41, 5.74) is 0. The van der Waals surface area contributed by atoms with Crippen molar-refractivity contribution in [2.75, 3.05) is 47.0 Å². The SMILES string of the molecule is CCC1CN(CC(COC)OC)CCN1. The van der Waals surface area contributed by atoms with Crippen LogP contribution < -0.4 is 5.32 Å². The molecule has 4 nitrogen and oxygen atoms in total. The van der Waals surface area contributed by atoms with Crippen molar-refractivity contribution >= 4 is 0 Å². The maximum Gasteiger partial charge on any atom is 0.0931 e. The number of nitrogens with zero attached hydrogens (tertiary/aromatic N) is 1. The highest BCUT2D eigenvalue weighted by atomic mass is 16.5. The van der Waals surface area contributed by atoms with E-state index in [0.717, 1.165) is 26.2 Å². The summed E-state index contributed by atoms with van der Waals surface area (Å²) in [6.45, 7) is 7.20. The van der Waals surface area contributed by atoms with Crippen molar-refractivity contribution in [2.45, 2.75) is 25.5 Å². The van der Waals surface area contributed by atoms with Crippen molar-refractivity contribution in [1.82, 2.24) is 10.2 Å². The largest absolute Gasteiger partial charge is 0.382 e. The molecule has 15 heavy (non-hydrogen) atoms. The summed E-state index contributed by atoms with van der Waals surface area (Å²) in [6, 6.07) is 0.638. The molecule has 0 spiro atoms. The van der Waals surface area contributed by atoms with Crippen LogP contribution in [0, 0.1) is 0 Å². The maximum absolute atomic E-state index is 5.38. The standard InChI is InChI=1S/C11H24N2O2/c1-4-10-7-13(6-5-12-10)8-11(15-3)9-14-2/h10-12H,4-9H2,1-3H3. The van der Waals surface area contributed by atoms with E-state index in [-0.39, 0.29) is 6.10 Å². The first-order valence-corrected chi connectivity index (χ1v) is 5.77. The molecule has 0 bridgehead atoms. The lowest BCUT2D eigenvalue weighted by molar-refractivity contribution is 0.00106. The van der Waals surface area contributed by atoms with Crippen LogP contribution in [0.5, 0.6) is 0 Å². The summed E-state index contributed by atoms with van der Waals surface area (Å²) >= 11 is 0. The average molecular weight is 216 g/mol. The van der Waals surface area contributed by atoms with Crippen molar-refractivity contribution in [3.63, 3.8) is 0 Å². The zero-order valence-corrected chi connectivity index (χ0v) is 10.2. The van der Waals surface area contributed by atoms with Crippen LogP contribution in [0.4, 0.5) is 0 Å². The highest BCUT2D eigenvalue weighted by molar-refractivity contribution is 4.79. The van der Waals surface area contributed by atoms with Gasteiger partial charge in [-0.1, -0.05) is 6.92 Å². The van der Waals surface area contributed by atoms with E-state index < -0.39 is 0 Å². The third kappa shape index (κ3) is 4.47. The van der Waals surface area contributed by atoms with Gasteiger partial charge in [0, 0.05) is 46.4 Å². The molecule has 0 aromatic heterocycles. The van der Waals surface area contributed by atoms with Crippen LogP contribution in [0.1, 0.15) is 13.3 Å². The molecule has 1 aliphatic rings. The van der Waals surface area contributed by atoms with Gasteiger partial charge < -0.3 is 14.8 Å². The fourth-order valence-corrected chi connectivity index (χ4v) is 2.00. The van der Waals surface area contributed by atoms with Crippen LogP contribution in [0.15, 0.2) is 0 Å². The molecule has 1 fully saturated rings. The van der Waals surface area contributed by atoms with Crippen LogP contribution in [-0.4, -0.2) is 64.1 Å². The second-order valence-electron chi connectivity index (χ2n) is 4.13. The summed E-state index contributed by atoms with van der Waals surface area (Å²) in [5.74, 6) is 0. The van der Waals surface area contributed by atoms with Crippen molar-refractivity contribution in [3.05, 3.63) is 0 Å². The van der Waals surface area contributed by atoms with Gasteiger partial charge in [0.15, 0.2) is 0 Å². The second kappa shape index (κ2) is 7.17. The van der Waals surface area contributed by atoms with Gasteiger partial charge in [0.25, 0.3) is 0 Å². The molecule has 0 radical (unpaired) electrons. The Hall–Kier alpha value is -0.160. The first-order chi connectivity index (χ1) is 7.30. The van der Waals surface area contributed by atoms with E-state index in [1.54, 1.807) is 14.2 Å². The zero-order valence-electron chi connectivity index (χ0n) is 10.2. The van der Waals surface area contributed by atoms with Crippen molar-refractivity contribution < 1.29 is 9.47 Å². The van der Waals surface area contributed by atoms with Gasteiger partial charge in [-0.2, -0.15) is 0 Å². The van der Waals surface area contributed by atoms with Gasteiger partial charge in [-0.15, -0.1) is 0 Å². The van der Waals surface area contributed by atoms with Crippen molar-refractivity contribution in [3.8, 4) is 0 Å². The number of hydrogen-bond acceptors (Lipinski definition) is 4. The van der Waals surface area contributed by atoms with E-state index in [9.17, 15) is 0 Å². The highest BCUT2D eigenvalue weighted by Crippen LogP contribution is 2.04. The number of ether oxygens (including phenoxy) is 2. The van der Waals surface area contributed by atoms with Gasteiger partial charge >= 0.3 is 0 Å². The highest BCUT2D eigenvalue weighted by Gasteiger charge is 2.20. The Morgan fingerprint density at radius 3 is 2.87 bits per heavy atom. The Balaban J connectivity index is 2.29. The molecule has 0 aliphatic carbocycles. The number of hydrogen-bond donors (Lipinski definition) is 1. The maximum atomic E-state index is 5.38. The fourth-order valence-electron chi connectivity index (χ4n) is 2.00. The van der Waals surface area contributed by atoms with E-state index >= 15 is 0 Å². The second-order valence-corrected chi connectivity index (χ2v) is 4.13. The molecule has 1 heterocycles. The fraction of sp³-hybridized carbons (Fsp3) is 1.00. The first-order valence-electron chi connectivity index (χ1n) is 5.77. The van der Waals surface area contributed by atoms with E-state index in [4.69, 9.17) is 9.47 Å². The zero-order chi connectivity index (χ0) is 11.1. The molecule has 90 valence electrons. The van der Waals surface area contributed by atoms with Crippen LogP contribution in [0.3, 0.4) is 0 Å². The van der Waals surface area contributed by atoms with E-state index in [2.05, 4.69) is 17.1 Å². The van der Waals surface area contributed by atoms with Gasteiger partial charge in [-0.05, 0) is 6.42 Å². The Morgan fingerprint density at radius 2 is 2.27 bits per heavy atom. The predicted octanol–water partition coefficient (Wildman–Crippen LogP) is 0.332. The molecule has 4 heteroatoms. The van der Waals surface area contributed by atoms with Crippen LogP contribution in [-0.2, 0) is 9.47 Å². The third-order valence-electron chi connectivity index (χ3n) is 2.98. The molecule has 1 rings (SSSR count). The number of methoxy groups -OCH3 is 2. The Bertz CT molecular complexity index is 167. The molecule has 1 N–H and O–H groups in total. The number of nitrogens with one attached hydrogen (secondary N) is 1. The summed E-state index contributed by atoms with van der Waals surface area (Å²) in [4.78, 5) is 2.46. The van der Waals surface area contributed by atoms with E-state index in [0.29, 0.717) is 12.6 Å². The van der Waals surface area contributed by atoms with Gasteiger partial charge in [-0.25, -0.2) is 0 Å². The van der Waals surface area contributed by atoms with Gasteiger partial charge in [0.05, 0.1) is 12.7 Å². The lowest BCUT2D eigenvalue weighted by atomic mass is 10.1. The molecule has 0 amide bonds. The Kier molecular flexibility index (Phi) is 6.17. The number of piperazine rings is 1. The van der Waals surface area contributed by atoms with Crippen molar-refractivity contribution in [1.29, 1.82) is 0 Å². The quantitative estimate of drug-likeness (QED) is 0.694. The van der Waals surface area contributed by atoms with Crippen LogP contribution in [0.2, 0.25) is 0 Å².